The summed E-state index contributed by atoms with van der Waals surface area (Å²) in [5, 5.41) is 0. The molecule has 0 unspecified atom stereocenters. The Bertz CT molecular complexity index is 295. The van der Waals surface area contributed by atoms with E-state index in [4.69, 9.17) is 0 Å². The van der Waals surface area contributed by atoms with Crippen molar-refractivity contribution in [2.24, 2.45) is 0 Å². The van der Waals surface area contributed by atoms with Gasteiger partial charge in [-0.2, -0.15) is 0 Å². The molecule has 0 nitrogen and oxygen atoms in total. The largest absolute Gasteiger partial charge is 0.0654 e. The summed E-state index contributed by atoms with van der Waals surface area (Å²) in [6, 6.07) is 8.80. The molecule has 0 N–H and O–H groups in total. The van der Waals surface area contributed by atoms with Crippen molar-refractivity contribution in [3.05, 3.63) is 35.4 Å². The maximum absolute atomic E-state index is 2.33. The first-order valence-electron chi connectivity index (χ1n) is 6.20. The quantitative estimate of drug-likeness (QED) is 0.621. The molecule has 0 saturated heterocycles. The lowest BCUT2D eigenvalue weighted by Crippen LogP contribution is -2.11. The highest BCUT2D eigenvalue weighted by Gasteiger charge is 2.28. The summed E-state index contributed by atoms with van der Waals surface area (Å²) in [6.45, 7) is 9.03. The first-order valence-corrected chi connectivity index (χ1v) is 6.20. The molecule has 0 amide bonds. The van der Waals surface area contributed by atoms with Gasteiger partial charge in [-0.25, -0.2) is 0 Å². The number of rotatable bonds is 1. The van der Waals surface area contributed by atoms with Crippen LogP contribution in [0.15, 0.2) is 24.3 Å². The van der Waals surface area contributed by atoms with Crippen molar-refractivity contribution in [3.8, 4) is 0 Å². The Hall–Kier alpha value is -0.780. The summed E-state index contributed by atoms with van der Waals surface area (Å²) < 4.78 is 0. The van der Waals surface area contributed by atoms with E-state index in [1.807, 2.05) is 0 Å². The highest BCUT2D eigenvalue weighted by atomic mass is 14.3. The van der Waals surface area contributed by atoms with Crippen LogP contribution in [0.2, 0.25) is 0 Å². The molecular formula is C15H24. The Morgan fingerprint density at radius 3 is 2.20 bits per heavy atom. The van der Waals surface area contributed by atoms with Gasteiger partial charge in [-0.15, -0.1) is 0 Å². The highest BCUT2D eigenvalue weighted by molar-refractivity contribution is 5.37. The molecule has 84 valence electrons. The Balaban J connectivity index is 0.000000245. The Morgan fingerprint density at radius 1 is 1.07 bits per heavy atom. The maximum atomic E-state index is 2.33. The average molecular weight is 204 g/mol. The van der Waals surface area contributed by atoms with Gasteiger partial charge in [-0.3, -0.25) is 0 Å². The number of unbranched alkanes of at least 4 members (excludes halogenated alkanes) is 1. The van der Waals surface area contributed by atoms with E-state index in [1.165, 1.54) is 25.7 Å². The predicted molar refractivity (Wildman–Crippen MR) is 68.4 cm³/mol. The van der Waals surface area contributed by atoms with Gasteiger partial charge in [-0.05, 0) is 29.4 Å². The van der Waals surface area contributed by atoms with Gasteiger partial charge >= 0.3 is 0 Å². The third-order valence-corrected chi connectivity index (χ3v) is 3.27. The molecule has 15 heavy (non-hydrogen) atoms. The molecule has 1 aliphatic rings. The molecule has 0 atom stereocenters. The normalized spacial score (nSPS) is 16.5. The molecule has 0 saturated carbocycles. The van der Waals surface area contributed by atoms with Gasteiger partial charge in [0.1, 0.15) is 0 Å². The van der Waals surface area contributed by atoms with Crippen molar-refractivity contribution in [1.29, 1.82) is 0 Å². The van der Waals surface area contributed by atoms with E-state index >= 15 is 0 Å². The van der Waals surface area contributed by atoms with Crippen LogP contribution in [0.25, 0.3) is 0 Å². The van der Waals surface area contributed by atoms with Crippen LogP contribution in [-0.2, 0) is 11.8 Å². The summed E-state index contributed by atoms with van der Waals surface area (Å²) >= 11 is 0. The number of hydrogen-bond acceptors (Lipinski definition) is 0. The SMILES string of the molecule is CC1(C)CCc2ccccc21.CCCC. The minimum absolute atomic E-state index is 0.427. The summed E-state index contributed by atoms with van der Waals surface area (Å²) in [5.41, 5.74) is 3.54. The van der Waals surface area contributed by atoms with Gasteiger partial charge in [0.15, 0.2) is 0 Å². The highest BCUT2D eigenvalue weighted by Crippen LogP contribution is 2.37. The van der Waals surface area contributed by atoms with Gasteiger partial charge in [0, 0.05) is 0 Å². The van der Waals surface area contributed by atoms with E-state index in [0.29, 0.717) is 5.41 Å². The Morgan fingerprint density at radius 2 is 1.67 bits per heavy atom. The zero-order chi connectivity index (χ0) is 11.3. The molecule has 1 aliphatic carbocycles. The summed E-state index contributed by atoms with van der Waals surface area (Å²) in [4.78, 5) is 0. The Labute approximate surface area is 94.7 Å². The topological polar surface area (TPSA) is 0 Å². The van der Waals surface area contributed by atoms with Crippen LogP contribution >= 0.6 is 0 Å². The van der Waals surface area contributed by atoms with Gasteiger partial charge in [0.25, 0.3) is 0 Å². The van der Waals surface area contributed by atoms with Crippen LogP contribution in [0.4, 0.5) is 0 Å². The maximum Gasteiger partial charge on any atom is -0.00977 e. The molecule has 2 rings (SSSR count). The van der Waals surface area contributed by atoms with E-state index < -0.39 is 0 Å². The second-order valence-corrected chi connectivity index (χ2v) is 5.04. The number of aryl methyl sites for hydroxylation is 1. The first-order chi connectivity index (χ1) is 7.11. The second kappa shape index (κ2) is 5.34. The molecule has 1 aromatic rings. The van der Waals surface area contributed by atoms with Crippen molar-refractivity contribution in [2.75, 3.05) is 0 Å². The van der Waals surface area contributed by atoms with E-state index in [9.17, 15) is 0 Å². The van der Waals surface area contributed by atoms with Crippen molar-refractivity contribution in [2.45, 2.75) is 58.8 Å². The van der Waals surface area contributed by atoms with Crippen molar-refractivity contribution >= 4 is 0 Å². The average Bonchev–Trinajstić information content (AvgIpc) is 2.56. The van der Waals surface area contributed by atoms with Crippen LogP contribution in [0.3, 0.4) is 0 Å². The fourth-order valence-corrected chi connectivity index (χ4v) is 1.98. The fourth-order valence-electron chi connectivity index (χ4n) is 1.98. The van der Waals surface area contributed by atoms with Crippen LogP contribution in [0, 0.1) is 0 Å². The van der Waals surface area contributed by atoms with Crippen LogP contribution in [-0.4, -0.2) is 0 Å². The molecule has 0 fully saturated rings. The summed E-state index contributed by atoms with van der Waals surface area (Å²) in [6.07, 6.45) is 5.22. The molecule has 1 aromatic carbocycles. The molecule has 0 aromatic heterocycles. The zero-order valence-corrected chi connectivity index (χ0v) is 10.6. The summed E-state index contributed by atoms with van der Waals surface area (Å²) in [5.74, 6) is 0. The second-order valence-electron chi connectivity index (χ2n) is 5.04. The number of fused-ring (bicyclic) bond motifs is 1. The van der Waals surface area contributed by atoms with Crippen molar-refractivity contribution in [1.82, 2.24) is 0 Å². The first kappa shape index (κ1) is 12.3. The van der Waals surface area contributed by atoms with E-state index in [2.05, 4.69) is 52.0 Å². The van der Waals surface area contributed by atoms with Gasteiger partial charge in [-0.1, -0.05) is 64.8 Å². The molecule has 0 bridgehead atoms. The lowest BCUT2D eigenvalue weighted by Gasteiger charge is -2.18. The lowest BCUT2D eigenvalue weighted by atomic mass is 9.87. The molecule has 0 spiro atoms. The Kier molecular flexibility index (Phi) is 4.38. The van der Waals surface area contributed by atoms with Gasteiger partial charge < -0.3 is 0 Å². The predicted octanol–water partition coefficient (Wildman–Crippen LogP) is 4.72. The van der Waals surface area contributed by atoms with E-state index in [0.717, 1.165) is 0 Å². The fraction of sp³-hybridized carbons (Fsp3) is 0.600. The monoisotopic (exact) mass is 204 g/mol. The standard InChI is InChI=1S/C11H14.C4H10/c1-11(2)8-7-9-5-3-4-6-10(9)11;1-3-4-2/h3-6H,7-8H2,1-2H3;3-4H2,1-2H3. The molecule has 0 heterocycles. The third-order valence-electron chi connectivity index (χ3n) is 3.27. The van der Waals surface area contributed by atoms with Crippen LogP contribution < -0.4 is 0 Å². The molecule has 0 radical (unpaired) electrons. The van der Waals surface area contributed by atoms with Crippen molar-refractivity contribution < 1.29 is 0 Å². The van der Waals surface area contributed by atoms with Crippen LogP contribution in [0.1, 0.15) is 58.1 Å². The van der Waals surface area contributed by atoms with Crippen LogP contribution in [0.5, 0.6) is 0 Å². The summed E-state index contributed by atoms with van der Waals surface area (Å²) in [7, 11) is 0. The minimum atomic E-state index is 0.427. The van der Waals surface area contributed by atoms with Gasteiger partial charge in [0.05, 0.1) is 0 Å². The van der Waals surface area contributed by atoms with Crippen molar-refractivity contribution in [3.63, 3.8) is 0 Å². The minimum Gasteiger partial charge on any atom is -0.0654 e. The molecule has 0 aliphatic heterocycles. The zero-order valence-electron chi connectivity index (χ0n) is 10.6. The molecule has 0 heteroatoms. The van der Waals surface area contributed by atoms with Gasteiger partial charge in [0.2, 0.25) is 0 Å². The third kappa shape index (κ3) is 3.09. The smallest absolute Gasteiger partial charge is 0.00977 e. The number of benzene rings is 1. The van der Waals surface area contributed by atoms with E-state index in [1.54, 1.807) is 11.1 Å². The van der Waals surface area contributed by atoms with E-state index in [-0.39, 0.29) is 0 Å². The number of hydrogen-bond donors (Lipinski definition) is 0. The molecular weight excluding hydrogens is 180 g/mol. The lowest BCUT2D eigenvalue weighted by molar-refractivity contribution is 0.522.